The van der Waals surface area contributed by atoms with Crippen molar-refractivity contribution >= 4 is 32.3 Å². The van der Waals surface area contributed by atoms with E-state index in [-0.39, 0.29) is 0 Å². The minimum atomic E-state index is 1.13. The summed E-state index contributed by atoms with van der Waals surface area (Å²) < 4.78 is 0. The lowest BCUT2D eigenvalue weighted by atomic mass is 9.85. The molecule has 7 aromatic carbocycles. The van der Waals surface area contributed by atoms with Gasteiger partial charge < -0.3 is 0 Å². The highest BCUT2D eigenvalue weighted by Crippen LogP contribution is 2.44. The van der Waals surface area contributed by atoms with Gasteiger partial charge in [-0.3, -0.25) is 4.98 Å². The van der Waals surface area contributed by atoms with Crippen LogP contribution in [0.5, 0.6) is 0 Å². The van der Waals surface area contributed by atoms with E-state index >= 15 is 0 Å². The van der Waals surface area contributed by atoms with Crippen molar-refractivity contribution < 1.29 is 0 Å². The summed E-state index contributed by atoms with van der Waals surface area (Å²) in [6, 6.07) is 50.7. The first-order valence-electron chi connectivity index (χ1n) is 13.7. The van der Waals surface area contributed by atoms with Crippen LogP contribution < -0.4 is 0 Å². The van der Waals surface area contributed by atoms with E-state index in [4.69, 9.17) is 0 Å². The smallest absolute Gasteiger partial charge is 0.0346 e. The molecule has 8 aromatic rings. The normalized spacial score (nSPS) is 11.5. The molecule has 1 aromatic heterocycles. The van der Waals surface area contributed by atoms with Gasteiger partial charge in [0.1, 0.15) is 0 Å². The maximum Gasteiger partial charge on any atom is 0.0346 e. The van der Waals surface area contributed by atoms with Gasteiger partial charge in [-0.2, -0.15) is 0 Å². The molecule has 1 heteroatoms. The van der Waals surface area contributed by atoms with Gasteiger partial charge in [-0.25, -0.2) is 0 Å². The van der Waals surface area contributed by atoms with Crippen LogP contribution in [-0.2, 0) is 0 Å². The summed E-state index contributed by atoms with van der Waals surface area (Å²) in [5.41, 5.74) is 9.72. The zero-order valence-corrected chi connectivity index (χ0v) is 21.9. The minimum Gasteiger partial charge on any atom is -0.264 e. The van der Waals surface area contributed by atoms with Gasteiger partial charge in [0.05, 0.1) is 0 Å². The van der Waals surface area contributed by atoms with Crippen LogP contribution in [0.25, 0.3) is 76.8 Å². The molecule has 0 fully saturated rings. The van der Waals surface area contributed by atoms with Crippen LogP contribution in [0.1, 0.15) is 0 Å². The topological polar surface area (TPSA) is 12.9 Å². The molecule has 0 aliphatic carbocycles. The Balaban J connectivity index is 1.36. The summed E-state index contributed by atoms with van der Waals surface area (Å²) in [7, 11) is 0. The molecule has 8 rings (SSSR count). The van der Waals surface area contributed by atoms with E-state index in [9.17, 15) is 0 Å². The van der Waals surface area contributed by atoms with E-state index in [0.717, 1.165) is 5.56 Å². The van der Waals surface area contributed by atoms with Gasteiger partial charge in [-0.1, -0.05) is 127 Å². The number of aromatic nitrogens is 1. The molecule has 40 heavy (non-hydrogen) atoms. The molecular weight excluding hydrogens is 482 g/mol. The molecule has 0 amide bonds. The van der Waals surface area contributed by atoms with Gasteiger partial charge in [-0.15, -0.1) is 0 Å². The number of nitrogens with zero attached hydrogens (tertiary/aromatic N) is 1. The Kier molecular flexibility index (Phi) is 5.21. The first-order chi connectivity index (χ1) is 19.8. The summed E-state index contributed by atoms with van der Waals surface area (Å²) in [4.78, 5) is 4.30. The molecule has 186 valence electrons. The average molecular weight is 508 g/mol. The van der Waals surface area contributed by atoms with Gasteiger partial charge in [0.2, 0.25) is 0 Å². The Morgan fingerprint density at radius 2 is 0.875 bits per heavy atom. The van der Waals surface area contributed by atoms with Crippen molar-refractivity contribution in [1.29, 1.82) is 0 Å². The van der Waals surface area contributed by atoms with Gasteiger partial charge in [-0.05, 0) is 89.0 Å². The molecule has 0 N–H and O–H groups in total. The molecule has 0 radical (unpaired) electrons. The van der Waals surface area contributed by atoms with Crippen molar-refractivity contribution in [3.63, 3.8) is 0 Å². The van der Waals surface area contributed by atoms with Crippen LogP contribution in [0.15, 0.2) is 152 Å². The number of hydrogen-bond donors (Lipinski definition) is 0. The number of hydrogen-bond acceptors (Lipinski definition) is 1. The molecule has 0 saturated carbocycles. The second kappa shape index (κ2) is 9.18. The van der Waals surface area contributed by atoms with E-state index in [0.29, 0.717) is 0 Å². The number of pyridine rings is 1. The molecule has 0 spiro atoms. The van der Waals surface area contributed by atoms with Gasteiger partial charge in [0, 0.05) is 12.4 Å². The summed E-state index contributed by atoms with van der Waals surface area (Å²) in [6.45, 7) is 0. The van der Waals surface area contributed by atoms with Crippen LogP contribution in [0.4, 0.5) is 0 Å². The summed E-state index contributed by atoms with van der Waals surface area (Å²) in [5, 5.41) is 7.83. The fraction of sp³-hybridized carbons (Fsp3) is 0. The van der Waals surface area contributed by atoms with Gasteiger partial charge in [0.25, 0.3) is 0 Å². The number of rotatable bonds is 4. The van der Waals surface area contributed by atoms with Gasteiger partial charge >= 0.3 is 0 Å². The fourth-order valence-corrected chi connectivity index (χ4v) is 6.16. The predicted molar refractivity (Wildman–Crippen MR) is 170 cm³/mol. The molecule has 1 nitrogen and oxygen atoms in total. The molecular formula is C39H25N. The fourth-order valence-electron chi connectivity index (χ4n) is 6.16. The molecule has 0 bridgehead atoms. The van der Waals surface area contributed by atoms with Crippen molar-refractivity contribution in [3.05, 3.63) is 152 Å². The second-order valence-electron chi connectivity index (χ2n) is 10.4. The quantitative estimate of drug-likeness (QED) is 0.216. The van der Waals surface area contributed by atoms with Crippen molar-refractivity contribution in [1.82, 2.24) is 4.98 Å². The summed E-state index contributed by atoms with van der Waals surface area (Å²) >= 11 is 0. The van der Waals surface area contributed by atoms with E-state index in [2.05, 4.69) is 138 Å². The Morgan fingerprint density at radius 1 is 0.350 bits per heavy atom. The zero-order valence-electron chi connectivity index (χ0n) is 21.9. The monoisotopic (exact) mass is 507 g/mol. The molecule has 0 saturated heterocycles. The molecule has 0 unspecified atom stereocenters. The minimum absolute atomic E-state index is 1.13. The van der Waals surface area contributed by atoms with Crippen molar-refractivity contribution in [2.24, 2.45) is 0 Å². The Bertz CT molecular complexity index is 1960. The van der Waals surface area contributed by atoms with Crippen molar-refractivity contribution in [3.8, 4) is 44.5 Å². The molecule has 1 heterocycles. The zero-order chi connectivity index (χ0) is 26.5. The van der Waals surface area contributed by atoms with Crippen LogP contribution in [0.2, 0.25) is 0 Å². The SMILES string of the molecule is c1ccc(-c2ccc(-c3cc(-c4ccc(-c5cccnc5)cc4)c4ccc5cccc6ccc3c4c65)cc2)cc1. The van der Waals surface area contributed by atoms with E-state index < -0.39 is 0 Å². The third kappa shape index (κ3) is 3.67. The maximum absolute atomic E-state index is 4.30. The average Bonchev–Trinajstić information content (AvgIpc) is 3.04. The lowest BCUT2D eigenvalue weighted by Crippen LogP contribution is -1.91. The van der Waals surface area contributed by atoms with Crippen LogP contribution in [0, 0.1) is 0 Å². The van der Waals surface area contributed by atoms with Crippen molar-refractivity contribution in [2.45, 2.75) is 0 Å². The van der Waals surface area contributed by atoms with Crippen molar-refractivity contribution in [2.75, 3.05) is 0 Å². The van der Waals surface area contributed by atoms with E-state index in [1.165, 1.54) is 71.3 Å². The van der Waals surface area contributed by atoms with Crippen LogP contribution >= 0.6 is 0 Å². The molecule has 0 aliphatic rings. The lowest BCUT2D eigenvalue weighted by Gasteiger charge is -2.18. The second-order valence-corrected chi connectivity index (χ2v) is 10.4. The lowest BCUT2D eigenvalue weighted by molar-refractivity contribution is 1.33. The largest absolute Gasteiger partial charge is 0.264 e. The highest BCUT2D eigenvalue weighted by molar-refractivity contribution is 6.28. The third-order valence-corrected chi connectivity index (χ3v) is 8.14. The highest BCUT2D eigenvalue weighted by Gasteiger charge is 2.17. The molecule has 0 atom stereocenters. The highest BCUT2D eigenvalue weighted by atomic mass is 14.6. The predicted octanol–water partition coefficient (Wildman–Crippen LogP) is 10.6. The maximum atomic E-state index is 4.30. The van der Waals surface area contributed by atoms with Gasteiger partial charge in [0.15, 0.2) is 0 Å². The Hall–Kier alpha value is -5.27. The standard InChI is InChI=1S/C39H25N/c1-2-6-26(7-3-1)27-11-15-29(16-12-27)36-24-37(30-17-13-28(14-18-30)33-10-5-23-40-25-33)35-22-20-32-9-4-8-31-19-21-34(36)39(35)38(31)32/h1-25H. The third-order valence-electron chi connectivity index (χ3n) is 8.14. The molecule has 0 aliphatic heterocycles. The van der Waals surface area contributed by atoms with Crippen LogP contribution in [0.3, 0.4) is 0 Å². The van der Waals surface area contributed by atoms with Crippen LogP contribution in [-0.4, -0.2) is 4.98 Å². The summed E-state index contributed by atoms with van der Waals surface area (Å²) in [5.74, 6) is 0. The Morgan fingerprint density at radius 3 is 1.45 bits per heavy atom. The van der Waals surface area contributed by atoms with E-state index in [1.54, 1.807) is 0 Å². The number of benzene rings is 7. The first-order valence-corrected chi connectivity index (χ1v) is 13.7. The van der Waals surface area contributed by atoms with E-state index in [1.807, 2.05) is 18.5 Å². The Labute approximate surface area is 233 Å². The first kappa shape index (κ1) is 22.7. The summed E-state index contributed by atoms with van der Waals surface area (Å²) in [6.07, 6.45) is 3.74.